The van der Waals surface area contributed by atoms with Gasteiger partial charge in [-0.25, -0.2) is 0 Å². The zero-order valence-electron chi connectivity index (χ0n) is 13.6. The third-order valence-electron chi connectivity index (χ3n) is 5.33. The van der Waals surface area contributed by atoms with Crippen molar-refractivity contribution in [3.05, 3.63) is 66.0 Å². The Balaban J connectivity index is 1.52. The van der Waals surface area contributed by atoms with E-state index in [1.807, 2.05) is 18.5 Å². The predicted octanol–water partition coefficient (Wildman–Crippen LogP) is 2.97. The monoisotopic (exact) mass is 307 g/mol. The lowest BCUT2D eigenvalue weighted by atomic mass is 9.99. The molecule has 2 aliphatic rings. The fourth-order valence-corrected chi connectivity index (χ4v) is 4.15. The van der Waals surface area contributed by atoms with Crippen LogP contribution in [0, 0.1) is 0 Å². The van der Waals surface area contributed by atoms with E-state index in [4.69, 9.17) is 0 Å². The first-order chi connectivity index (χ1) is 11.4. The van der Waals surface area contributed by atoms with Crippen LogP contribution in [-0.2, 0) is 13.0 Å². The number of fused-ring (bicyclic) bond motifs is 1. The number of hydrogen-bond donors (Lipinski definition) is 0. The summed E-state index contributed by atoms with van der Waals surface area (Å²) in [6.07, 6.45) is 7.75. The van der Waals surface area contributed by atoms with E-state index in [9.17, 15) is 0 Å². The highest BCUT2D eigenvalue weighted by molar-refractivity contribution is 5.17. The molecule has 0 radical (unpaired) electrons. The van der Waals surface area contributed by atoms with Gasteiger partial charge in [-0.15, -0.1) is 0 Å². The quantitative estimate of drug-likeness (QED) is 0.866. The van der Waals surface area contributed by atoms with Crippen molar-refractivity contribution in [1.29, 1.82) is 0 Å². The minimum absolute atomic E-state index is 0.604. The maximum absolute atomic E-state index is 4.29. The predicted molar refractivity (Wildman–Crippen MR) is 93.2 cm³/mol. The van der Waals surface area contributed by atoms with E-state index in [-0.39, 0.29) is 0 Å². The normalized spacial score (nSPS) is 25.4. The van der Waals surface area contributed by atoms with Crippen LogP contribution in [0.4, 0.5) is 0 Å². The lowest BCUT2D eigenvalue weighted by Crippen LogP contribution is -2.56. The highest BCUT2D eigenvalue weighted by Crippen LogP contribution is 2.27. The summed E-state index contributed by atoms with van der Waals surface area (Å²) >= 11 is 0. The number of pyridine rings is 1. The zero-order chi connectivity index (χ0) is 15.5. The summed E-state index contributed by atoms with van der Waals surface area (Å²) < 4.78 is 0. The standard InChI is InChI=1S/C20H25N3/c1-2-6-17(7-3-1)12-20-16-22-11-5-9-19(22)15-23(20)14-18-8-4-10-21-13-18/h1-4,6-8,10,13,19-20H,5,9,11-12,14-16H2/t19-,20+/m0/s1. The van der Waals surface area contributed by atoms with E-state index < -0.39 is 0 Å². The topological polar surface area (TPSA) is 19.4 Å². The third-order valence-corrected chi connectivity index (χ3v) is 5.33. The van der Waals surface area contributed by atoms with Gasteiger partial charge in [-0.3, -0.25) is 14.8 Å². The van der Waals surface area contributed by atoms with Crippen molar-refractivity contribution in [3.8, 4) is 0 Å². The lowest BCUT2D eigenvalue weighted by molar-refractivity contribution is 0.0455. The van der Waals surface area contributed by atoms with Gasteiger partial charge in [0.05, 0.1) is 0 Å². The van der Waals surface area contributed by atoms with E-state index in [2.05, 4.69) is 51.2 Å². The van der Waals surface area contributed by atoms with Crippen LogP contribution in [0.3, 0.4) is 0 Å². The average molecular weight is 307 g/mol. The molecule has 4 rings (SSSR count). The first-order valence-corrected chi connectivity index (χ1v) is 8.79. The summed E-state index contributed by atoms with van der Waals surface area (Å²) in [5.41, 5.74) is 2.78. The molecular weight excluding hydrogens is 282 g/mol. The maximum Gasteiger partial charge on any atom is 0.0312 e. The highest BCUT2D eigenvalue weighted by atomic mass is 15.3. The van der Waals surface area contributed by atoms with E-state index >= 15 is 0 Å². The molecule has 2 atom stereocenters. The van der Waals surface area contributed by atoms with Gasteiger partial charge < -0.3 is 0 Å². The van der Waals surface area contributed by atoms with E-state index in [1.54, 1.807) is 0 Å². The fraction of sp³-hybridized carbons (Fsp3) is 0.450. The number of piperazine rings is 1. The Morgan fingerprint density at radius 3 is 2.70 bits per heavy atom. The number of aromatic nitrogens is 1. The first kappa shape index (κ1) is 14.9. The Labute approximate surface area is 139 Å². The van der Waals surface area contributed by atoms with E-state index in [0.717, 1.165) is 19.0 Å². The second-order valence-corrected chi connectivity index (χ2v) is 6.93. The molecule has 0 bridgehead atoms. The zero-order valence-corrected chi connectivity index (χ0v) is 13.6. The first-order valence-electron chi connectivity index (χ1n) is 8.79. The molecule has 2 aliphatic heterocycles. The Hall–Kier alpha value is -1.71. The van der Waals surface area contributed by atoms with Gasteiger partial charge in [0.25, 0.3) is 0 Å². The SMILES string of the molecule is c1ccc(C[C@@H]2CN3CCC[C@H]3CN2Cc2cccnc2)cc1. The molecule has 1 aromatic heterocycles. The molecule has 0 saturated carbocycles. The Kier molecular flexibility index (Phi) is 4.40. The fourth-order valence-electron chi connectivity index (χ4n) is 4.15. The molecular formula is C20H25N3. The summed E-state index contributed by atoms with van der Waals surface area (Å²) in [5, 5.41) is 0. The van der Waals surface area contributed by atoms with E-state index in [0.29, 0.717) is 6.04 Å². The van der Waals surface area contributed by atoms with Crippen LogP contribution in [0.1, 0.15) is 24.0 Å². The summed E-state index contributed by atoms with van der Waals surface area (Å²) in [4.78, 5) is 9.70. The molecule has 3 heterocycles. The number of benzene rings is 1. The third kappa shape index (κ3) is 3.46. The van der Waals surface area contributed by atoms with Crippen molar-refractivity contribution < 1.29 is 0 Å². The van der Waals surface area contributed by atoms with Crippen LogP contribution in [0.5, 0.6) is 0 Å². The van der Waals surface area contributed by atoms with Crippen LogP contribution < -0.4 is 0 Å². The molecule has 0 aliphatic carbocycles. The molecule has 0 spiro atoms. The van der Waals surface area contributed by atoms with Gasteiger partial charge >= 0.3 is 0 Å². The summed E-state index contributed by atoms with van der Waals surface area (Å²) in [7, 11) is 0. The van der Waals surface area contributed by atoms with Gasteiger partial charge in [0.2, 0.25) is 0 Å². The molecule has 0 N–H and O–H groups in total. The van der Waals surface area contributed by atoms with E-state index in [1.165, 1.54) is 43.6 Å². The molecule has 2 fully saturated rings. The van der Waals surface area contributed by atoms with Crippen molar-refractivity contribution in [2.24, 2.45) is 0 Å². The van der Waals surface area contributed by atoms with Gasteiger partial charge in [-0.05, 0) is 43.0 Å². The number of hydrogen-bond acceptors (Lipinski definition) is 3. The second kappa shape index (κ2) is 6.81. The van der Waals surface area contributed by atoms with Gasteiger partial charge in [0.1, 0.15) is 0 Å². The maximum atomic E-state index is 4.29. The smallest absolute Gasteiger partial charge is 0.0312 e. The molecule has 3 nitrogen and oxygen atoms in total. The van der Waals surface area contributed by atoms with Crippen molar-refractivity contribution in [1.82, 2.24) is 14.8 Å². The summed E-state index contributed by atoms with van der Waals surface area (Å²) in [6, 6.07) is 16.6. The summed E-state index contributed by atoms with van der Waals surface area (Å²) in [5.74, 6) is 0. The molecule has 1 aromatic carbocycles. The van der Waals surface area contributed by atoms with Gasteiger partial charge in [-0.1, -0.05) is 36.4 Å². The van der Waals surface area contributed by atoms with Crippen LogP contribution in [0.15, 0.2) is 54.9 Å². The average Bonchev–Trinajstić information content (AvgIpc) is 3.04. The van der Waals surface area contributed by atoms with Gasteiger partial charge in [0, 0.05) is 44.1 Å². The molecule has 2 aromatic rings. The Morgan fingerprint density at radius 2 is 1.87 bits per heavy atom. The van der Waals surface area contributed by atoms with Crippen LogP contribution >= 0.6 is 0 Å². The molecule has 3 heteroatoms. The van der Waals surface area contributed by atoms with Crippen molar-refractivity contribution >= 4 is 0 Å². The Bertz CT molecular complexity index is 558. The molecule has 23 heavy (non-hydrogen) atoms. The second-order valence-electron chi connectivity index (χ2n) is 6.93. The highest BCUT2D eigenvalue weighted by Gasteiger charge is 2.36. The molecule has 120 valence electrons. The van der Waals surface area contributed by atoms with Crippen LogP contribution in [0.2, 0.25) is 0 Å². The molecule has 0 amide bonds. The van der Waals surface area contributed by atoms with Crippen LogP contribution in [0.25, 0.3) is 0 Å². The minimum atomic E-state index is 0.604. The summed E-state index contributed by atoms with van der Waals surface area (Å²) in [6.45, 7) is 4.72. The number of rotatable bonds is 4. The van der Waals surface area contributed by atoms with Gasteiger partial charge in [-0.2, -0.15) is 0 Å². The minimum Gasteiger partial charge on any atom is -0.298 e. The van der Waals surface area contributed by atoms with Gasteiger partial charge in [0.15, 0.2) is 0 Å². The molecule has 2 saturated heterocycles. The van der Waals surface area contributed by atoms with Crippen molar-refractivity contribution in [3.63, 3.8) is 0 Å². The van der Waals surface area contributed by atoms with Crippen LogP contribution in [-0.4, -0.2) is 46.5 Å². The Morgan fingerprint density at radius 1 is 1.00 bits per heavy atom. The largest absolute Gasteiger partial charge is 0.298 e. The lowest BCUT2D eigenvalue weighted by Gasteiger charge is -2.44. The molecule has 0 unspecified atom stereocenters. The van der Waals surface area contributed by atoms with Crippen molar-refractivity contribution in [2.75, 3.05) is 19.6 Å². The van der Waals surface area contributed by atoms with Crippen molar-refractivity contribution in [2.45, 2.75) is 37.9 Å². The number of nitrogens with zero attached hydrogens (tertiary/aromatic N) is 3.